The molecule has 0 spiro atoms. The van der Waals surface area contributed by atoms with Crippen LogP contribution in [0.15, 0.2) is 0 Å². The SMILES string of the molecule is [CH]C#CCOC. The fourth-order valence-corrected chi connectivity index (χ4v) is 0.114. The van der Waals surface area contributed by atoms with Crippen molar-refractivity contribution in [3.8, 4) is 11.8 Å². The number of hydrogen-bond donors (Lipinski definition) is 0. The Bertz CT molecular complexity index is 65.7. The van der Waals surface area contributed by atoms with Crippen LogP contribution in [-0.4, -0.2) is 13.7 Å². The van der Waals surface area contributed by atoms with Gasteiger partial charge in [0.1, 0.15) is 6.61 Å². The van der Waals surface area contributed by atoms with Crippen LogP contribution in [0, 0.1) is 18.8 Å². The molecule has 0 unspecified atom stereocenters. The molecule has 6 heavy (non-hydrogen) atoms. The van der Waals surface area contributed by atoms with E-state index < -0.39 is 0 Å². The van der Waals surface area contributed by atoms with Gasteiger partial charge in [-0.1, -0.05) is 11.8 Å². The fraction of sp³-hybridized carbons (Fsp3) is 0.400. The first-order valence-corrected chi connectivity index (χ1v) is 1.59. The summed E-state index contributed by atoms with van der Waals surface area (Å²) in [6.07, 6.45) is 0. The molecular weight excluding hydrogens is 76.1 g/mol. The lowest BCUT2D eigenvalue weighted by atomic mass is 10.6. The molecule has 0 aromatic carbocycles. The molecule has 0 bridgehead atoms. The summed E-state index contributed by atoms with van der Waals surface area (Å²) in [5.41, 5.74) is 0. The fourth-order valence-electron chi connectivity index (χ4n) is 0.114. The normalized spacial score (nSPS) is 6.33. The van der Waals surface area contributed by atoms with E-state index in [4.69, 9.17) is 6.92 Å². The standard InChI is InChI=1S/C5H6O/c1-3-4-5-6-2/h1H,5H2,2H3. The van der Waals surface area contributed by atoms with Crippen molar-refractivity contribution in [1.82, 2.24) is 0 Å². The van der Waals surface area contributed by atoms with Gasteiger partial charge in [0.2, 0.25) is 0 Å². The van der Waals surface area contributed by atoms with Gasteiger partial charge in [0, 0.05) is 7.11 Å². The maximum atomic E-state index is 4.77. The molecule has 0 N–H and O–H groups in total. The molecular formula is C5H6O. The van der Waals surface area contributed by atoms with Crippen LogP contribution in [0.25, 0.3) is 0 Å². The average molecular weight is 82.1 g/mol. The number of hydrogen-bond acceptors (Lipinski definition) is 1. The third-order valence-corrected chi connectivity index (χ3v) is 0.319. The second-order valence-corrected chi connectivity index (χ2v) is 0.754. The molecule has 0 heterocycles. The van der Waals surface area contributed by atoms with Crippen LogP contribution in [0.4, 0.5) is 0 Å². The van der Waals surface area contributed by atoms with Gasteiger partial charge in [-0.15, -0.1) is 0 Å². The Hall–Kier alpha value is -0.480. The van der Waals surface area contributed by atoms with Gasteiger partial charge in [0.15, 0.2) is 0 Å². The zero-order valence-corrected chi connectivity index (χ0v) is 3.69. The Balaban J connectivity index is 2.79. The van der Waals surface area contributed by atoms with Crippen molar-refractivity contribution in [3.05, 3.63) is 6.92 Å². The summed E-state index contributed by atoms with van der Waals surface area (Å²) in [4.78, 5) is 0. The molecule has 0 aliphatic carbocycles. The van der Waals surface area contributed by atoms with Gasteiger partial charge in [-0.05, 0) is 0 Å². The zero-order valence-electron chi connectivity index (χ0n) is 3.69. The zero-order chi connectivity index (χ0) is 4.83. The van der Waals surface area contributed by atoms with Gasteiger partial charge in [0.05, 0.1) is 6.92 Å². The molecule has 0 aliphatic heterocycles. The molecule has 0 amide bonds. The first kappa shape index (κ1) is 5.52. The molecule has 0 aromatic rings. The van der Waals surface area contributed by atoms with Crippen molar-refractivity contribution >= 4 is 0 Å². The minimum atomic E-state index is 0.427. The van der Waals surface area contributed by atoms with E-state index in [1.807, 2.05) is 0 Å². The smallest absolute Gasteiger partial charge is 0.107 e. The predicted octanol–water partition coefficient (Wildman–Crippen LogP) is 0.347. The van der Waals surface area contributed by atoms with E-state index in [0.29, 0.717) is 6.61 Å². The monoisotopic (exact) mass is 82.0 g/mol. The maximum Gasteiger partial charge on any atom is 0.107 e. The van der Waals surface area contributed by atoms with Crippen molar-refractivity contribution < 1.29 is 4.74 Å². The highest BCUT2D eigenvalue weighted by molar-refractivity contribution is 5.01. The Labute approximate surface area is 38.3 Å². The van der Waals surface area contributed by atoms with Crippen molar-refractivity contribution in [2.24, 2.45) is 0 Å². The second-order valence-electron chi connectivity index (χ2n) is 0.754. The molecule has 0 saturated heterocycles. The topological polar surface area (TPSA) is 9.23 Å². The van der Waals surface area contributed by atoms with Crippen molar-refractivity contribution in [2.45, 2.75) is 0 Å². The summed E-state index contributed by atoms with van der Waals surface area (Å²) >= 11 is 0. The van der Waals surface area contributed by atoms with E-state index in [-0.39, 0.29) is 0 Å². The molecule has 32 valence electrons. The molecule has 0 aromatic heterocycles. The van der Waals surface area contributed by atoms with Crippen molar-refractivity contribution in [3.63, 3.8) is 0 Å². The summed E-state index contributed by atoms with van der Waals surface area (Å²) in [5.74, 6) is 4.70. The van der Waals surface area contributed by atoms with Crippen LogP contribution in [0.2, 0.25) is 0 Å². The van der Waals surface area contributed by atoms with Gasteiger partial charge in [-0.25, -0.2) is 0 Å². The van der Waals surface area contributed by atoms with E-state index in [2.05, 4.69) is 16.6 Å². The molecule has 0 rings (SSSR count). The van der Waals surface area contributed by atoms with Gasteiger partial charge >= 0.3 is 0 Å². The van der Waals surface area contributed by atoms with Crippen LogP contribution in [0.3, 0.4) is 0 Å². The average Bonchev–Trinajstić information content (AvgIpc) is 1.61. The lowest BCUT2D eigenvalue weighted by Gasteiger charge is -1.78. The van der Waals surface area contributed by atoms with Gasteiger partial charge in [-0.2, -0.15) is 0 Å². The predicted molar refractivity (Wildman–Crippen MR) is 24.0 cm³/mol. The first-order valence-electron chi connectivity index (χ1n) is 1.59. The number of rotatable bonds is 1. The Morgan fingerprint density at radius 3 is 2.67 bits per heavy atom. The van der Waals surface area contributed by atoms with Crippen molar-refractivity contribution in [2.75, 3.05) is 13.7 Å². The summed E-state index contributed by atoms with van der Waals surface area (Å²) in [7, 11) is 1.57. The van der Waals surface area contributed by atoms with E-state index in [9.17, 15) is 0 Å². The van der Waals surface area contributed by atoms with Crippen LogP contribution in [0.5, 0.6) is 0 Å². The highest BCUT2D eigenvalue weighted by Gasteiger charge is 1.60. The highest BCUT2D eigenvalue weighted by atomic mass is 16.5. The van der Waals surface area contributed by atoms with Gasteiger partial charge < -0.3 is 4.74 Å². The largest absolute Gasteiger partial charge is 0.372 e. The quantitative estimate of drug-likeness (QED) is 0.415. The Morgan fingerprint density at radius 1 is 1.83 bits per heavy atom. The number of ether oxygens (including phenoxy) is 1. The van der Waals surface area contributed by atoms with Crippen molar-refractivity contribution in [1.29, 1.82) is 0 Å². The third kappa shape index (κ3) is 3.52. The van der Waals surface area contributed by atoms with Crippen LogP contribution >= 0.6 is 0 Å². The lowest BCUT2D eigenvalue weighted by molar-refractivity contribution is 0.240. The number of methoxy groups -OCH3 is 1. The van der Waals surface area contributed by atoms with E-state index in [0.717, 1.165) is 0 Å². The molecule has 0 aliphatic rings. The summed E-state index contributed by atoms with van der Waals surface area (Å²) in [6, 6.07) is 0. The molecule has 1 heteroatoms. The summed E-state index contributed by atoms with van der Waals surface area (Å²) < 4.78 is 4.53. The first-order chi connectivity index (χ1) is 2.91. The second kappa shape index (κ2) is 4.52. The lowest BCUT2D eigenvalue weighted by Crippen LogP contribution is -1.78. The van der Waals surface area contributed by atoms with E-state index in [1.54, 1.807) is 7.11 Å². The molecule has 2 radical (unpaired) electrons. The minimum absolute atomic E-state index is 0.427. The molecule has 0 saturated carbocycles. The maximum absolute atomic E-state index is 4.77. The highest BCUT2D eigenvalue weighted by Crippen LogP contribution is 1.57. The Kier molecular flexibility index (Phi) is 4.16. The Morgan fingerprint density at radius 2 is 2.50 bits per heavy atom. The van der Waals surface area contributed by atoms with Gasteiger partial charge in [0.25, 0.3) is 0 Å². The van der Waals surface area contributed by atoms with E-state index in [1.165, 1.54) is 0 Å². The van der Waals surface area contributed by atoms with Crippen LogP contribution in [-0.2, 0) is 4.74 Å². The summed E-state index contributed by atoms with van der Waals surface area (Å²) in [5, 5.41) is 0. The summed E-state index contributed by atoms with van der Waals surface area (Å²) in [6.45, 7) is 5.20. The van der Waals surface area contributed by atoms with Crippen LogP contribution < -0.4 is 0 Å². The molecule has 1 nitrogen and oxygen atoms in total. The minimum Gasteiger partial charge on any atom is -0.372 e. The molecule has 0 atom stereocenters. The van der Waals surface area contributed by atoms with Gasteiger partial charge in [-0.3, -0.25) is 0 Å². The third-order valence-electron chi connectivity index (χ3n) is 0.319. The van der Waals surface area contributed by atoms with Crippen LogP contribution in [0.1, 0.15) is 0 Å². The van der Waals surface area contributed by atoms with E-state index >= 15 is 0 Å². The molecule has 0 fully saturated rings.